The molecule has 0 fully saturated rings. The van der Waals surface area contributed by atoms with Gasteiger partial charge >= 0.3 is 0 Å². The number of aromatic nitrogens is 4. The van der Waals surface area contributed by atoms with Gasteiger partial charge in [-0.2, -0.15) is 5.10 Å². The third-order valence-corrected chi connectivity index (χ3v) is 3.82. The lowest BCUT2D eigenvalue weighted by Gasteiger charge is -2.12. The number of rotatable bonds is 2. The molecule has 0 bridgehead atoms. The summed E-state index contributed by atoms with van der Waals surface area (Å²) in [5, 5.41) is 4.36. The fourth-order valence-corrected chi connectivity index (χ4v) is 2.83. The Labute approximate surface area is 118 Å². The molecule has 0 saturated heterocycles. The van der Waals surface area contributed by atoms with E-state index in [-0.39, 0.29) is 0 Å². The summed E-state index contributed by atoms with van der Waals surface area (Å²) < 4.78 is 1.79. The molecule has 1 aliphatic rings. The molecular weight excluding hydrogens is 252 g/mol. The van der Waals surface area contributed by atoms with Crippen LogP contribution >= 0.6 is 0 Å². The van der Waals surface area contributed by atoms with Crippen LogP contribution in [0.2, 0.25) is 0 Å². The van der Waals surface area contributed by atoms with E-state index in [1.807, 2.05) is 20.2 Å². The minimum atomic E-state index is 0.712. The zero-order valence-electron chi connectivity index (χ0n) is 12.0. The van der Waals surface area contributed by atoms with E-state index in [1.165, 1.54) is 24.8 Å². The molecule has 0 aliphatic heterocycles. The van der Waals surface area contributed by atoms with Crippen LogP contribution in [0.5, 0.6) is 0 Å². The first-order valence-corrected chi connectivity index (χ1v) is 7.06. The number of hydrazine groups is 1. The Morgan fingerprint density at radius 3 is 2.70 bits per heavy atom. The van der Waals surface area contributed by atoms with Crippen molar-refractivity contribution >= 4 is 5.82 Å². The molecule has 3 rings (SSSR count). The average molecular weight is 272 g/mol. The number of nitrogens with one attached hydrogen (secondary N) is 1. The van der Waals surface area contributed by atoms with Gasteiger partial charge in [-0.3, -0.25) is 4.68 Å². The van der Waals surface area contributed by atoms with E-state index in [1.54, 1.807) is 4.68 Å². The lowest BCUT2D eigenvalue weighted by atomic mass is 10.1. The first-order valence-electron chi connectivity index (χ1n) is 7.06. The highest BCUT2D eigenvalue weighted by molar-refractivity contribution is 5.61. The fraction of sp³-hybridized carbons (Fsp3) is 0.500. The van der Waals surface area contributed by atoms with Crippen LogP contribution in [-0.2, 0) is 19.9 Å². The number of fused-ring (bicyclic) bond motifs is 1. The summed E-state index contributed by atoms with van der Waals surface area (Å²) in [6.45, 7) is 1.97. The van der Waals surface area contributed by atoms with Gasteiger partial charge in [0.25, 0.3) is 0 Å². The van der Waals surface area contributed by atoms with Gasteiger partial charge in [0, 0.05) is 24.5 Å². The lowest BCUT2D eigenvalue weighted by molar-refractivity contribution is 0.709. The number of nitrogen functional groups attached to an aromatic ring is 1. The van der Waals surface area contributed by atoms with E-state index in [9.17, 15) is 0 Å². The molecular formula is C14H20N6. The van der Waals surface area contributed by atoms with Crippen molar-refractivity contribution in [3.05, 3.63) is 23.1 Å². The lowest BCUT2D eigenvalue weighted by Crippen LogP contribution is -2.14. The standard InChI is InChI=1S/C14H20N6/c1-9-11(8-20(2)19-9)13-16-12-7-5-3-4-6-10(12)14(17-13)18-15/h8H,3-7,15H2,1-2H3,(H,16,17,18). The molecule has 0 saturated carbocycles. The van der Waals surface area contributed by atoms with Crippen LogP contribution in [0, 0.1) is 6.92 Å². The van der Waals surface area contributed by atoms with Gasteiger partial charge in [-0.25, -0.2) is 15.8 Å². The van der Waals surface area contributed by atoms with Crippen LogP contribution in [0.1, 0.15) is 36.2 Å². The Kier molecular flexibility index (Phi) is 3.40. The number of aryl methyl sites for hydroxylation is 3. The van der Waals surface area contributed by atoms with Gasteiger partial charge in [0.2, 0.25) is 0 Å². The second kappa shape index (κ2) is 5.20. The summed E-state index contributed by atoms with van der Waals surface area (Å²) in [5.41, 5.74) is 6.95. The Balaban J connectivity index is 2.13. The number of nitrogens with two attached hydrogens (primary N) is 1. The van der Waals surface area contributed by atoms with Gasteiger partial charge in [0.1, 0.15) is 5.82 Å². The van der Waals surface area contributed by atoms with Crippen LogP contribution in [0.3, 0.4) is 0 Å². The molecule has 6 heteroatoms. The molecule has 0 atom stereocenters. The largest absolute Gasteiger partial charge is 0.308 e. The minimum Gasteiger partial charge on any atom is -0.308 e. The average Bonchev–Trinajstić information content (AvgIpc) is 2.65. The van der Waals surface area contributed by atoms with Crippen LogP contribution in [0.4, 0.5) is 5.82 Å². The maximum Gasteiger partial charge on any atom is 0.165 e. The first-order chi connectivity index (χ1) is 9.69. The van der Waals surface area contributed by atoms with Crippen molar-refractivity contribution in [2.75, 3.05) is 5.43 Å². The van der Waals surface area contributed by atoms with Crippen molar-refractivity contribution in [2.45, 2.75) is 39.0 Å². The Morgan fingerprint density at radius 1 is 1.20 bits per heavy atom. The Morgan fingerprint density at radius 2 is 2.00 bits per heavy atom. The van der Waals surface area contributed by atoms with Crippen LogP contribution in [0.25, 0.3) is 11.4 Å². The Hall–Kier alpha value is -1.95. The topological polar surface area (TPSA) is 81.7 Å². The molecule has 0 unspecified atom stereocenters. The van der Waals surface area contributed by atoms with Gasteiger partial charge in [0.05, 0.1) is 11.3 Å². The monoisotopic (exact) mass is 272 g/mol. The minimum absolute atomic E-state index is 0.712. The molecule has 0 aromatic carbocycles. The molecule has 20 heavy (non-hydrogen) atoms. The van der Waals surface area contributed by atoms with Crippen molar-refractivity contribution in [1.82, 2.24) is 19.7 Å². The molecule has 106 valence electrons. The van der Waals surface area contributed by atoms with E-state index in [4.69, 9.17) is 10.8 Å². The van der Waals surface area contributed by atoms with E-state index in [0.29, 0.717) is 5.82 Å². The zero-order chi connectivity index (χ0) is 14.1. The molecule has 0 spiro atoms. The van der Waals surface area contributed by atoms with Crippen molar-refractivity contribution in [3.8, 4) is 11.4 Å². The predicted octanol–water partition coefficient (Wildman–Crippen LogP) is 1.74. The summed E-state index contributed by atoms with van der Waals surface area (Å²) in [5.74, 6) is 7.13. The molecule has 2 heterocycles. The summed E-state index contributed by atoms with van der Waals surface area (Å²) in [6, 6.07) is 0. The van der Waals surface area contributed by atoms with Gasteiger partial charge in [-0.05, 0) is 32.6 Å². The molecule has 3 N–H and O–H groups in total. The third-order valence-electron chi connectivity index (χ3n) is 3.82. The van der Waals surface area contributed by atoms with E-state index in [2.05, 4.69) is 15.5 Å². The highest BCUT2D eigenvalue weighted by Crippen LogP contribution is 2.28. The van der Waals surface area contributed by atoms with E-state index in [0.717, 1.165) is 35.6 Å². The van der Waals surface area contributed by atoms with Crippen LogP contribution in [0.15, 0.2) is 6.20 Å². The zero-order valence-corrected chi connectivity index (χ0v) is 12.0. The van der Waals surface area contributed by atoms with E-state index >= 15 is 0 Å². The predicted molar refractivity (Wildman–Crippen MR) is 78.0 cm³/mol. The number of nitrogens with zero attached hydrogens (tertiary/aromatic N) is 4. The van der Waals surface area contributed by atoms with Crippen molar-refractivity contribution < 1.29 is 0 Å². The summed E-state index contributed by atoms with van der Waals surface area (Å²) in [4.78, 5) is 9.36. The smallest absolute Gasteiger partial charge is 0.165 e. The maximum atomic E-state index is 5.65. The van der Waals surface area contributed by atoms with E-state index < -0.39 is 0 Å². The quantitative estimate of drug-likeness (QED) is 0.494. The van der Waals surface area contributed by atoms with Crippen molar-refractivity contribution in [2.24, 2.45) is 12.9 Å². The molecule has 2 aromatic rings. The molecule has 6 nitrogen and oxygen atoms in total. The second-order valence-corrected chi connectivity index (χ2v) is 5.33. The molecule has 0 amide bonds. The van der Waals surface area contributed by atoms with Crippen molar-refractivity contribution in [1.29, 1.82) is 0 Å². The Bertz CT molecular complexity index is 631. The second-order valence-electron chi connectivity index (χ2n) is 5.33. The first kappa shape index (κ1) is 13.1. The van der Waals surface area contributed by atoms with Gasteiger partial charge in [-0.15, -0.1) is 0 Å². The summed E-state index contributed by atoms with van der Waals surface area (Å²) in [7, 11) is 1.90. The number of hydrogen-bond acceptors (Lipinski definition) is 5. The normalized spacial score (nSPS) is 14.8. The number of anilines is 1. The fourth-order valence-electron chi connectivity index (χ4n) is 2.83. The summed E-state index contributed by atoms with van der Waals surface area (Å²) in [6.07, 6.45) is 7.55. The van der Waals surface area contributed by atoms with Crippen LogP contribution < -0.4 is 11.3 Å². The highest BCUT2D eigenvalue weighted by atomic mass is 15.3. The molecule has 1 aliphatic carbocycles. The summed E-state index contributed by atoms with van der Waals surface area (Å²) >= 11 is 0. The SMILES string of the molecule is Cc1nn(C)cc1-c1nc2c(c(NN)n1)CCCCC2. The third kappa shape index (κ3) is 2.27. The van der Waals surface area contributed by atoms with Gasteiger partial charge in [0.15, 0.2) is 5.82 Å². The number of hydrogen-bond donors (Lipinski definition) is 2. The molecule has 0 radical (unpaired) electrons. The highest BCUT2D eigenvalue weighted by Gasteiger charge is 2.18. The van der Waals surface area contributed by atoms with Crippen LogP contribution in [-0.4, -0.2) is 19.7 Å². The molecule has 2 aromatic heterocycles. The van der Waals surface area contributed by atoms with Crippen molar-refractivity contribution in [3.63, 3.8) is 0 Å². The van der Waals surface area contributed by atoms with Gasteiger partial charge < -0.3 is 5.43 Å². The van der Waals surface area contributed by atoms with Gasteiger partial charge in [-0.1, -0.05) is 6.42 Å². The maximum absolute atomic E-state index is 5.65.